The zero-order chi connectivity index (χ0) is 15.9. The van der Waals surface area contributed by atoms with Gasteiger partial charge in [-0.05, 0) is 56.5 Å². The highest BCUT2D eigenvalue weighted by Crippen LogP contribution is 2.22. The number of rotatable bonds is 6. The minimum Gasteiger partial charge on any atom is -0.478 e. The highest BCUT2D eigenvalue weighted by atomic mass is 16.5. The molecule has 0 amide bonds. The minimum absolute atomic E-state index is 0.0924. The van der Waals surface area contributed by atoms with E-state index in [-0.39, 0.29) is 5.97 Å². The Labute approximate surface area is 130 Å². The number of carboxylic acids is 1. The first-order chi connectivity index (χ1) is 10.6. The molecule has 1 aromatic rings. The Morgan fingerprint density at radius 2 is 1.86 bits per heavy atom. The number of carbonyl (C=O) groups is 2. The summed E-state index contributed by atoms with van der Waals surface area (Å²) in [6.45, 7) is 5.03. The second-order valence-corrected chi connectivity index (χ2v) is 5.73. The van der Waals surface area contributed by atoms with Crippen molar-refractivity contribution in [3.8, 4) is 0 Å². The Hall–Kier alpha value is -1.88. The van der Waals surface area contributed by atoms with Crippen LogP contribution in [0.4, 0.5) is 0 Å². The van der Waals surface area contributed by atoms with Gasteiger partial charge >= 0.3 is 11.9 Å². The van der Waals surface area contributed by atoms with Gasteiger partial charge < -0.3 is 9.84 Å². The average Bonchev–Trinajstić information content (AvgIpc) is 2.50. The lowest BCUT2D eigenvalue weighted by atomic mass is 9.93. The number of hydrogen-bond donors (Lipinski definition) is 1. The van der Waals surface area contributed by atoms with Crippen molar-refractivity contribution < 1.29 is 19.4 Å². The third-order valence-corrected chi connectivity index (χ3v) is 4.07. The van der Waals surface area contributed by atoms with Crippen LogP contribution in [0.25, 0.3) is 0 Å². The molecular weight excluding hydrogens is 282 g/mol. The van der Waals surface area contributed by atoms with Crippen molar-refractivity contribution in [2.24, 2.45) is 5.92 Å². The van der Waals surface area contributed by atoms with E-state index in [0.29, 0.717) is 24.5 Å². The quantitative estimate of drug-likeness (QED) is 0.818. The molecule has 1 heterocycles. The van der Waals surface area contributed by atoms with Crippen LogP contribution in [-0.2, 0) is 16.1 Å². The first-order valence-corrected chi connectivity index (χ1v) is 7.78. The second kappa shape index (κ2) is 7.94. The van der Waals surface area contributed by atoms with Crippen LogP contribution in [0.1, 0.15) is 42.1 Å². The summed E-state index contributed by atoms with van der Waals surface area (Å²) < 4.78 is 5.00. The van der Waals surface area contributed by atoms with Crippen LogP contribution in [0.5, 0.6) is 0 Å². The molecule has 1 aliphatic rings. The number of hydrogen-bond acceptors (Lipinski definition) is 4. The molecule has 0 bridgehead atoms. The summed E-state index contributed by atoms with van der Waals surface area (Å²) in [6, 6.07) is 7.03. The van der Waals surface area contributed by atoms with E-state index in [1.807, 2.05) is 19.1 Å². The SMILES string of the molecule is CCOC(=O)CC1CCN(Cc2ccc(C(=O)O)cc2)CC1. The largest absolute Gasteiger partial charge is 0.478 e. The molecule has 22 heavy (non-hydrogen) atoms. The fourth-order valence-corrected chi connectivity index (χ4v) is 2.82. The molecule has 5 nitrogen and oxygen atoms in total. The molecule has 1 fully saturated rings. The Balaban J connectivity index is 1.77. The predicted octanol–water partition coefficient (Wildman–Crippen LogP) is 2.55. The summed E-state index contributed by atoms with van der Waals surface area (Å²) >= 11 is 0. The van der Waals surface area contributed by atoms with Crippen LogP contribution >= 0.6 is 0 Å². The fraction of sp³-hybridized carbons (Fsp3) is 0.529. The van der Waals surface area contributed by atoms with Crippen molar-refractivity contribution in [2.45, 2.75) is 32.7 Å². The van der Waals surface area contributed by atoms with E-state index >= 15 is 0 Å². The Morgan fingerprint density at radius 3 is 2.41 bits per heavy atom. The molecule has 0 unspecified atom stereocenters. The molecule has 0 aromatic heterocycles. The molecule has 0 spiro atoms. The summed E-state index contributed by atoms with van der Waals surface area (Å²) in [4.78, 5) is 24.7. The van der Waals surface area contributed by atoms with Gasteiger partial charge in [0.1, 0.15) is 0 Å². The number of carbonyl (C=O) groups excluding carboxylic acids is 1. The third-order valence-electron chi connectivity index (χ3n) is 4.07. The first-order valence-electron chi connectivity index (χ1n) is 7.78. The van der Waals surface area contributed by atoms with Crippen molar-refractivity contribution in [3.63, 3.8) is 0 Å². The molecule has 0 aliphatic carbocycles. The van der Waals surface area contributed by atoms with E-state index in [1.54, 1.807) is 12.1 Å². The number of ether oxygens (including phenoxy) is 1. The van der Waals surface area contributed by atoms with Gasteiger partial charge in [0.25, 0.3) is 0 Å². The normalized spacial score (nSPS) is 16.4. The predicted molar refractivity (Wildman–Crippen MR) is 82.7 cm³/mol. The second-order valence-electron chi connectivity index (χ2n) is 5.73. The van der Waals surface area contributed by atoms with Crippen molar-refractivity contribution in [2.75, 3.05) is 19.7 Å². The van der Waals surface area contributed by atoms with Gasteiger partial charge in [0.15, 0.2) is 0 Å². The van der Waals surface area contributed by atoms with Crippen molar-refractivity contribution in [1.82, 2.24) is 4.90 Å². The number of likely N-dealkylation sites (tertiary alicyclic amines) is 1. The average molecular weight is 305 g/mol. The van der Waals surface area contributed by atoms with E-state index in [0.717, 1.165) is 38.0 Å². The number of benzene rings is 1. The maximum absolute atomic E-state index is 11.5. The highest BCUT2D eigenvalue weighted by Gasteiger charge is 2.22. The molecule has 1 saturated heterocycles. The summed E-state index contributed by atoms with van der Waals surface area (Å²) in [5.41, 5.74) is 1.44. The van der Waals surface area contributed by atoms with Crippen LogP contribution in [0, 0.1) is 5.92 Å². The van der Waals surface area contributed by atoms with Gasteiger partial charge in [-0.3, -0.25) is 9.69 Å². The molecular formula is C17H23NO4. The third kappa shape index (κ3) is 4.84. The van der Waals surface area contributed by atoms with Gasteiger partial charge in [0, 0.05) is 13.0 Å². The number of nitrogens with zero attached hydrogens (tertiary/aromatic N) is 1. The van der Waals surface area contributed by atoms with Gasteiger partial charge in [0.2, 0.25) is 0 Å². The zero-order valence-electron chi connectivity index (χ0n) is 13.0. The molecule has 0 radical (unpaired) electrons. The lowest BCUT2D eigenvalue weighted by Crippen LogP contribution is -2.34. The number of aromatic carboxylic acids is 1. The molecule has 0 saturated carbocycles. The molecule has 5 heteroatoms. The highest BCUT2D eigenvalue weighted by molar-refractivity contribution is 5.87. The molecule has 1 N–H and O–H groups in total. The van der Waals surface area contributed by atoms with Gasteiger partial charge in [-0.2, -0.15) is 0 Å². The lowest BCUT2D eigenvalue weighted by Gasteiger charge is -2.31. The topological polar surface area (TPSA) is 66.8 Å². The molecule has 0 atom stereocenters. The standard InChI is InChI=1S/C17H23NO4/c1-2-22-16(19)11-13-7-9-18(10-8-13)12-14-3-5-15(6-4-14)17(20)21/h3-6,13H,2,7-12H2,1H3,(H,20,21). The maximum atomic E-state index is 11.5. The van der Waals surface area contributed by atoms with Crippen LogP contribution in [0.2, 0.25) is 0 Å². The van der Waals surface area contributed by atoms with Crippen LogP contribution in [0.15, 0.2) is 24.3 Å². The van der Waals surface area contributed by atoms with E-state index in [1.165, 1.54) is 0 Å². The van der Waals surface area contributed by atoms with Crippen molar-refractivity contribution in [3.05, 3.63) is 35.4 Å². The van der Waals surface area contributed by atoms with Crippen LogP contribution in [-0.4, -0.2) is 41.6 Å². The zero-order valence-corrected chi connectivity index (χ0v) is 13.0. The Kier molecular flexibility index (Phi) is 5.95. The summed E-state index contributed by atoms with van der Waals surface area (Å²) in [7, 11) is 0. The van der Waals surface area contributed by atoms with Gasteiger partial charge in [0.05, 0.1) is 12.2 Å². The number of esters is 1. The molecule has 120 valence electrons. The van der Waals surface area contributed by atoms with Crippen molar-refractivity contribution >= 4 is 11.9 Å². The van der Waals surface area contributed by atoms with Crippen molar-refractivity contribution in [1.29, 1.82) is 0 Å². The van der Waals surface area contributed by atoms with Gasteiger partial charge in [-0.25, -0.2) is 4.79 Å². The monoisotopic (exact) mass is 305 g/mol. The molecule has 1 aromatic carbocycles. The van der Waals surface area contributed by atoms with Gasteiger partial charge in [-0.1, -0.05) is 12.1 Å². The van der Waals surface area contributed by atoms with E-state index in [4.69, 9.17) is 9.84 Å². The van der Waals surface area contributed by atoms with E-state index in [9.17, 15) is 9.59 Å². The van der Waals surface area contributed by atoms with Crippen LogP contribution in [0.3, 0.4) is 0 Å². The smallest absolute Gasteiger partial charge is 0.335 e. The maximum Gasteiger partial charge on any atom is 0.335 e. The summed E-state index contributed by atoms with van der Waals surface area (Å²) in [6.07, 6.45) is 2.53. The molecule has 2 rings (SSSR count). The minimum atomic E-state index is -0.897. The summed E-state index contributed by atoms with van der Waals surface area (Å²) in [5, 5.41) is 8.89. The molecule has 1 aliphatic heterocycles. The summed E-state index contributed by atoms with van der Waals surface area (Å²) in [5.74, 6) is -0.568. The Morgan fingerprint density at radius 1 is 1.23 bits per heavy atom. The Bertz CT molecular complexity index is 504. The number of carboxylic acid groups (broad SMARTS) is 1. The number of piperidine rings is 1. The lowest BCUT2D eigenvalue weighted by molar-refractivity contribution is -0.144. The van der Waals surface area contributed by atoms with Crippen LogP contribution < -0.4 is 0 Å². The van der Waals surface area contributed by atoms with E-state index < -0.39 is 5.97 Å². The van der Waals surface area contributed by atoms with Gasteiger partial charge in [-0.15, -0.1) is 0 Å². The first kappa shape index (κ1) is 16.5. The van der Waals surface area contributed by atoms with E-state index in [2.05, 4.69) is 4.90 Å². The fourth-order valence-electron chi connectivity index (χ4n) is 2.82.